The van der Waals surface area contributed by atoms with Crippen molar-refractivity contribution in [1.82, 2.24) is 9.97 Å². The number of hydrogen-bond donors (Lipinski definition) is 0. The van der Waals surface area contributed by atoms with E-state index >= 15 is 0 Å². The lowest BCUT2D eigenvalue weighted by atomic mass is 10.0. The molecule has 0 fully saturated rings. The first-order valence-corrected chi connectivity index (χ1v) is 6.80. The van der Waals surface area contributed by atoms with E-state index in [1.165, 1.54) is 0 Å². The molecule has 21 heavy (non-hydrogen) atoms. The van der Waals surface area contributed by atoms with Crippen LogP contribution in [0.2, 0.25) is 5.28 Å². The zero-order valence-corrected chi connectivity index (χ0v) is 11.8. The van der Waals surface area contributed by atoms with Gasteiger partial charge in [0.15, 0.2) is 6.29 Å². The smallest absolute Gasteiger partial charge is 0.223 e. The van der Waals surface area contributed by atoms with Gasteiger partial charge in [-0.05, 0) is 17.7 Å². The van der Waals surface area contributed by atoms with E-state index in [4.69, 9.17) is 11.6 Å². The maximum atomic E-state index is 11.2. The number of rotatable bonds is 3. The number of aldehydes is 1. The van der Waals surface area contributed by atoms with Crippen molar-refractivity contribution in [3.63, 3.8) is 0 Å². The van der Waals surface area contributed by atoms with Crippen LogP contribution in [-0.2, 0) is 0 Å². The third kappa shape index (κ3) is 2.83. The number of benzene rings is 2. The van der Waals surface area contributed by atoms with Crippen LogP contribution in [0, 0.1) is 0 Å². The van der Waals surface area contributed by atoms with E-state index in [2.05, 4.69) is 9.97 Å². The van der Waals surface area contributed by atoms with Crippen LogP contribution >= 0.6 is 11.6 Å². The molecule has 102 valence electrons. The van der Waals surface area contributed by atoms with Crippen molar-refractivity contribution < 1.29 is 4.79 Å². The molecular formula is C17H11ClN2O. The molecule has 3 aromatic rings. The first-order valence-electron chi connectivity index (χ1n) is 6.42. The summed E-state index contributed by atoms with van der Waals surface area (Å²) in [6.45, 7) is 0. The fraction of sp³-hybridized carbons (Fsp3) is 0. The number of carbonyl (C=O) groups excluding carboxylic acids is 1. The monoisotopic (exact) mass is 294 g/mol. The minimum Gasteiger partial charge on any atom is -0.298 e. The van der Waals surface area contributed by atoms with Gasteiger partial charge in [-0.15, -0.1) is 0 Å². The lowest BCUT2D eigenvalue weighted by Gasteiger charge is -2.07. The van der Waals surface area contributed by atoms with E-state index in [1.54, 1.807) is 6.07 Å². The number of halogens is 1. The standard InChI is InChI=1S/C17H11ClN2O/c18-17-19-15(12-6-2-1-3-7-12)10-16(20-17)14-9-5-4-8-13(14)11-21/h1-11H. The predicted molar refractivity (Wildman–Crippen MR) is 83.3 cm³/mol. The lowest BCUT2D eigenvalue weighted by Crippen LogP contribution is -1.94. The lowest BCUT2D eigenvalue weighted by molar-refractivity contribution is 0.112. The summed E-state index contributed by atoms with van der Waals surface area (Å²) in [5, 5.41) is 0.159. The Labute approximate surface area is 127 Å². The molecule has 0 saturated carbocycles. The molecule has 0 saturated heterocycles. The van der Waals surface area contributed by atoms with E-state index in [9.17, 15) is 4.79 Å². The van der Waals surface area contributed by atoms with Gasteiger partial charge in [-0.1, -0.05) is 54.6 Å². The van der Waals surface area contributed by atoms with Crippen molar-refractivity contribution in [3.05, 3.63) is 71.5 Å². The van der Waals surface area contributed by atoms with E-state index < -0.39 is 0 Å². The summed E-state index contributed by atoms with van der Waals surface area (Å²) in [5.41, 5.74) is 3.63. The molecule has 0 aliphatic rings. The summed E-state index contributed by atoms with van der Waals surface area (Å²) in [5.74, 6) is 0. The Morgan fingerprint density at radius 1 is 0.857 bits per heavy atom. The molecule has 0 bridgehead atoms. The second kappa shape index (κ2) is 5.85. The molecule has 0 atom stereocenters. The Balaban J connectivity index is 2.17. The van der Waals surface area contributed by atoms with Crippen molar-refractivity contribution in [3.8, 4) is 22.5 Å². The van der Waals surface area contributed by atoms with Crippen LogP contribution in [0.4, 0.5) is 0 Å². The van der Waals surface area contributed by atoms with Gasteiger partial charge in [0.2, 0.25) is 5.28 Å². The second-order valence-corrected chi connectivity index (χ2v) is 4.82. The summed E-state index contributed by atoms with van der Waals surface area (Å²) in [7, 11) is 0. The Kier molecular flexibility index (Phi) is 3.75. The van der Waals surface area contributed by atoms with Crippen LogP contribution in [-0.4, -0.2) is 16.3 Å². The summed E-state index contributed by atoms with van der Waals surface area (Å²) in [4.78, 5) is 19.6. The molecule has 0 N–H and O–H groups in total. The van der Waals surface area contributed by atoms with Crippen LogP contribution < -0.4 is 0 Å². The maximum absolute atomic E-state index is 11.2. The minimum atomic E-state index is 0.159. The largest absolute Gasteiger partial charge is 0.298 e. The molecule has 0 spiro atoms. The molecule has 0 aliphatic carbocycles. The topological polar surface area (TPSA) is 42.9 Å². The molecule has 0 unspecified atom stereocenters. The summed E-state index contributed by atoms with van der Waals surface area (Å²) < 4.78 is 0. The van der Waals surface area contributed by atoms with Crippen molar-refractivity contribution in [2.24, 2.45) is 0 Å². The Morgan fingerprint density at radius 2 is 1.52 bits per heavy atom. The second-order valence-electron chi connectivity index (χ2n) is 4.48. The molecule has 1 heterocycles. The van der Waals surface area contributed by atoms with Crippen LogP contribution in [0.5, 0.6) is 0 Å². The third-order valence-corrected chi connectivity index (χ3v) is 3.30. The highest BCUT2D eigenvalue weighted by molar-refractivity contribution is 6.28. The number of nitrogens with zero attached hydrogens (tertiary/aromatic N) is 2. The van der Waals surface area contributed by atoms with Crippen LogP contribution in [0.1, 0.15) is 10.4 Å². The van der Waals surface area contributed by atoms with E-state index in [1.807, 2.05) is 54.6 Å². The summed E-state index contributed by atoms with van der Waals surface area (Å²) >= 11 is 6.03. The normalized spacial score (nSPS) is 10.3. The van der Waals surface area contributed by atoms with Gasteiger partial charge in [-0.3, -0.25) is 4.79 Å². The third-order valence-electron chi connectivity index (χ3n) is 3.13. The molecule has 0 aliphatic heterocycles. The summed E-state index contributed by atoms with van der Waals surface area (Å²) in [6, 6.07) is 18.8. The summed E-state index contributed by atoms with van der Waals surface area (Å²) in [6.07, 6.45) is 0.813. The van der Waals surface area contributed by atoms with E-state index in [0.29, 0.717) is 11.3 Å². The Morgan fingerprint density at radius 3 is 2.29 bits per heavy atom. The van der Waals surface area contributed by atoms with Crippen LogP contribution in [0.15, 0.2) is 60.7 Å². The van der Waals surface area contributed by atoms with Crippen LogP contribution in [0.25, 0.3) is 22.5 Å². The molecule has 4 heteroatoms. The fourth-order valence-electron chi connectivity index (χ4n) is 2.15. The zero-order valence-electron chi connectivity index (χ0n) is 11.0. The van der Waals surface area contributed by atoms with E-state index in [0.717, 1.165) is 23.1 Å². The van der Waals surface area contributed by atoms with Crippen molar-refractivity contribution in [2.45, 2.75) is 0 Å². The first kappa shape index (κ1) is 13.5. The van der Waals surface area contributed by atoms with Gasteiger partial charge < -0.3 is 0 Å². The molecule has 0 amide bonds. The number of hydrogen-bond acceptors (Lipinski definition) is 3. The number of aromatic nitrogens is 2. The highest BCUT2D eigenvalue weighted by atomic mass is 35.5. The first-order chi connectivity index (χ1) is 10.3. The fourth-order valence-corrected chi connectivity index (χ4v) is 2.33. The molecule has 0 radical (unpaired) electrons. The predicted octanol–water partition coefficient (Wildman–Crippen LogP) is 4.28. The van der Waals surface area contributed by atoms with Gasteiger partial charge in [-0.25, -0.2) is 9.97 Å². The van der Waals surface area contributed by atoms with Gasteiger partial charge in [0.25, 0.3) is 0 Å². The average Bonchev–Trinajstić information content (AvgIpc) is 2.55. The highest BCUT2D eigenvalue weighted by Gasteiger charge is 2.10. The van der Waals surface area contributed by atoms with Gasteiger partial charge in [0.1, 0.15) is 0 Å². The van der Waals surface area contributed by atoms with Crippen LogP contribution in [0.3, 0.4) is 0 Å². The minimum absolute atomic E-state index is 0.159. The Hall–Kier alpha value is -2.52. The zero-order chi connectivity index (χ0) is 14.7. The Bertz CT molecular complexity index is 788. The molecular weight excluding hydrogens is 284 g/mol. The SMILES string of the molecule is O=Cc1ccccc1-c1cc(-c2ccccc2)nc(Cl)n1. The quantitative estimate of drug-likeness (QED) is 0.535. The van der Waals surface area contributed by atoms with Crippen molar-refractivity contribution >= 4 is 17.9 Å². The van der Waals surface area contributed by atoms with Gasteiger partial charge in [0.05, 0.1) is 11.4 Å². The highest BCUT2D eigenvalue weighted by Crippen LogP contribution is 2.26. The molecule has 3 rings (SSSR count). The number of carbonyl (C=O) groups is 1. The average molecular weight is 295 g/mol. The van der Waals surface area contributed by atoms with Crippen molar-refractivity contribution in [2.75, 3.05) is 0 Å². The van der Waals surface area contributed by atoms with E-state index in [-0.39, 0.29) is 5.28 Å². The maximum Gasteiger partial charge on any atom is 0.223 e. The van der Waals surface area contributed by atoms with Gasteiger partial charge in [-0.2, -0.15) is 0 Å². The molecule has 2 aromatic carbocycles. The van der Waals surface area contributed by atoms with Gasteiger partial charge in [0, 0.05) is 16.7 Å². The molecule has 3 nitrogen and oxygen atoms in total. The molecule has 1 aromatic heterocycles. The van der Waals surface area contributed by atoms with Gasteiger partial charge >= 0.3 is 0 Å². The van der Waals surface area contributed by atoms with Crippen molar-refractivity contribution in [1.29, 1.82) is 0 Å².